The van der Waals surface area contributed by atoms with Gasteiger partial charge in [0.2, 0.25) is 0 Å². The molecule has 0 unspecified atom stereocenters. The Kier molecular flexibility index (Phi) is 2.26. The van der Waals surface area contributed by atoms with Gasteiger partial charge in [0.1, 0.15) is 5.15 Å². The van der Waals surface area contributed by atoms with E-state index in [0.29, 0.717) is 15.2 Å². The summed E-state index contributed by atoms with van der Waals surface area (Å²) in [4.78, 5) is 3.60. The average Bonchev–Trinajstić information content (AvgIpc) is 1.93. The predicted octanol–water partition coefficient (Wildman–Crippen LogP) is 2.95. The van der Waals surface area contributed by atoms with Crippen molar-refractivity contribution in [2.45, 2.75) is 6.92 Å². The van der Waals surface area contributed by atoms with Crippen LogP contribution in [0.3, 0.4) is 0 Å². The van der Waals surface area contributed by atoms with Crippen molar-refractivity contribution in [1.82, 2.24) is 4.98 Å². The topological polar surface area (TPSA) is 12.9 Å². The molecule has 0 N–H and O–H groups in total. The first-order chi connectivity index (χ1) is 4.63. The van der Waals surface area contributed by atoms with Crippen LogP contribution >= 0.6 is 27.5 Å². The summed E-state index contributed by atoms with van der Waals surface area (Å²) in [7, 11) is 0. The second kappa shape index (κ2) is 2.84. The Bertz CT molecular complexity index is 237. The van der Waals surface area contributed by atoms with Crippen LogP contribution in [-0.2, 0) is 0 Å². The lowest BCUT2D eigenvalue weighted by atomic mass is 10.3. The quantitative estimate of drug-likeness (QED) is 0.618. The molecular weight excluding hydrogens is 220 g/mol. The van der Waals surface area contributed by atoms with Crippen LogP contribution in [0.25, 0.3) is 0 Å². The van der Waals surface area contributed by atoms with Crippen molar-refractivity contribution in [1.29, 1.82) is 0 Å². The van der Waals surface area contributed by atoms with Gasteiger partial charge in [-0.15, -0.1) is 0 Å². The van der Waals surface area contributed by atoms with Crippen LogP contribution in [0.2, 0.25) is 5.15 Å². The molecule has 1 rings (SSSR count). The van der Waals surface area contributed by atoms with Crippen molar-refractivity contribution >= 4 is 27.5 Å². The van der Waals surface area contributed by atoms with Gasteiger partial charge in [-0.3, -0.25) is 0 Å². The monoisotopic (exact) mass is 223 g/mol. The van der Waals surface area contributed by atoms with Crippen LogP contribution in [0.15, 0.2) is 10.7 Å². The minimum Gasteiger partial charge on any atom is -0.241 e. The van der Waals surface area contributed by atoms with E-state index in [9.17, 15) is 4.39 Å². The maximum absolute atomic E-state index is 12.6. The number of pyridine rings is 1. The molecule has 0 atom stereocenters. The Balaban J connectivity index is 3.34. The van der Waals surface area contributed by atoms with Gasteiger partial charge >= 0.3 is 0 Å². The number of rotatable bonds is 0. The van der Waals surface area contributed by atoms with Gasteiger partial charge in [0.15, 0.2) is 5.82 Å². The molecule has 0 aliphatic rings. The summed E-state index contributed by atoms with van der Waals surface area (Å²) in [6.45, 7) is 1.70. The fourth-order valence-corrected chi connectivity index (χ4v) is 1.08. The summed E-state index contributed by atoms with van der Waals surface area (Å²) in [6.07, 6.45) is 1.08. The van der Waals surface area contributed by atoms with Crippen LogP contribution in [0.4, 0.5) is 4.39 Å². The number of halogens is 3. The highest BCUT2D eigenvalue weighted by atomic mass is 79.9. The van der Waals surface area contributed by atoms with Crippen LogP contribution in [0.5, 0.6) is 0 Å². The first-order valence-electron chi connectivity index (χ1n) is 2.59. The highest BCUT2D eigenvalue weighted by molar-refractivity contribution is 9.10. The minimum absolute atomic E-state index is 0.327. The van der Waals surface area contributed by atoms with Gasteiger partial charge in [-0.2, -0.15) is 0 Å². The van der Waals surface area contributed by atoms with E-state index in [0.717, 1.165) is 6.20 Å². The Morgan fingerprint density at radius 1 is 1.70 bits per heavy atom. The molecule has 10 heavy (non-hydrogen) atoms. The number of nitrogens with zero attached hydrogens (tertiary/aromatic N) is 1. The molecule has 0 spiro atoms. The molecular formula is C6H4BrClFN. The van der Waals surface area contributed by atoms with Crippen molar-refractivity contribution in [3.05, 3.63) is 27.2 Å². The third-order valence-corrected chi connectivity index (χ3v) is 2.49. The summed E-state index contributed by atoms with van der Waals surface area (Å²) in [5.74, 6) is -0.387. The summed E-state index contributed by atoms with van der Waals surface area (Å²) in [5, 5.41) is 0.327. The largest absolute Gasteiger partial charge is 0.241 e. The second-order valence-corrected chi connectivity index (χ2v) is 2.99. The molecule has 54 valence electrons. The summed E-state index contributed by atoms with van der Waals surface area (Å²) < 4.78 is 13.0. The molecule has 0 aliphatic carbocycles. The van der Waals surface area contributed by atoms with Gasteiger partial charge in [-0.1, -0.05) is 11.6 Å². The van der Waals surface area contributed by atoms with E-state index < -0.39 is 0 Å². The summed E-state index contributed by atoms with van der Waals surface area (Å²) >= 11 is 8.61. The lowest BCUT2D eigenvalue weighted by molar-refractivity contribution is 0.613. The molecule has 0 aromatic carbocycles. The molecule has 4 heteroatoms. The lowest BCUT2D eigenvalue weighted by Gasteiger charge is -1.99. The lowest BCUT2D eigenvalue weighted by Crippen LogP contribution is -1.86. The Morgan fingerprint density at radius 3 is 2.80 bits per heavy atom. The number of aromatic nitrogens is 1. The van der Waals surface area contributed by atoms with E-state index in [4.69, 9.17) is 11.6 Å². The zero-order chi connectivity index (χ0) is 7.72. The fourth-order valence-electron chi connectivity index (χ4n) is 0.537. The van der Waals surface area contributed by atoms with Gasteiger partial charge in [0, 0.05) is 5.56 Å². The minimum atomic E-state index is -0.387. The van der Waals surface area contributed by atoms with Crippen molar-refractivity contribution in [3.63, 3.8) is 0 Å². The molecule has 0 amide bonds. The van der Waals surface area contributed by atoms with Gasteiger partial charge < -0.3 is 0 Å². The third-order valence-electron chi connectivity index (χ3n) is 1.14. The maximum atomic E-state index is 12.6. The van der Waals surface area contributed by atoms with E-state index in [-0.39, 0.29) is 5.82 Å². The molecule has 0 radical (unpaired) electrons. The van der Waals surface area contributed by atoms with E-state index >= 15 is 0 Å². The Morgan fingerprint density at radius 2 is 2.30 bits per heavy atom. The van der Waals surface area contributed by atoms with Crippen molar-refractivity contribution in [3.8, 4) is 0 Å². The average molecular weight is 224 g/mol. The zero-order valence-electron chi connectivity index (χ0n) is 5.16. The number of hydrogen-bond donors (Lipinski definition) is 0. The second-order valence-electron chi connectivity index (χ2n) is 1.84. The first kappa shape index (κ1) is 7.95. The van der Waals surface area contributed by atoms with Gasteiger partial charge in [0.25, 0.3) is 0 Å². The molecule has 1 nitrogen and oxygen atoms in total. The summed E-state index contributed by atoms with van der Waals surface area (Å²) in [6, 6.07) is 0. The molecule has 1 heterocycles. The Labute approximate surface area is 71.4 Å². The molecule has 0 fully saturated rings. The third kappa shape index (κ3) is 1.30. The summed E-state index contributed by atoms with van der Waals surface area (Å²) in [5.41, 5.74) is 0.627. The van der Waals surface area contributed by atoms with E-state index in [1.807, 2.05) is 0 Å². The molecule has 0 bridgehead atoms. The van der Waals surface area contributed by atoms with Gasteiger partial charge in [-0.25, -0.2) is 9.37 Å². The van der Waals surface area contributed by atoms with Gasteiger partial charge in [-0.05, 0) is 22.9 Å². The molecule has 0 saturated carbocycles. The van der Waals surface area contributed by atoms with E-state index in [2.05, 4.69) is 20.9 Å². The fraction of sp³-hybridized carbons (Fsp3) is 0.167. The zero-order valence-corrected chi connectivity index (χ0v) is 7.50. The standard InChI is InChI=1S/C6H4BrClFN/c1-3-5(7)4(9)2-10-6(3)8/h2H,1H3. The number of hydrogen-bond acceptors (Lipinski definition) is 1. The maximum Gasteiger partial charge on any atom is 0.156 e. The van der Waals surface area contributed by atoms with Crippen LogP contribution in [0.1, 0.15) is 5.56 Å². The first-order valence-corrected chi connectivity index (χ1v) is 3.76. The highest BCUT2D eigenvalue weighted by Crippen LogP contribution is 2.23. The predicted molar refractivity (Wildman–Crippen MR) is 41.6 cm³/mol. The normalized spacial score (nSPS) is 10.0. The smallest absolute Gasteiger partial charge is 0.156 e. The molecule has 0 saturated heterocycles. The highest BCUT2D eigenvalue weighted by Gasteiger charge is 2.05. The van der Waals surface area contributed by atoms with E-state index in [1.54, 1.807) is 6.92 Å². The van der Waals surface area contributed by atoms with Crippen LogP contribution in [-0.4, -0.2) is 4.98 Å². The van der Waals surface area contributed by atoms with Crippen LogP contribution < -0.4 is 0 Å². The van der Waals surface area contributed by atoms with Crippen molar-refractivity contribution in [2.75, 3.05) is 0 Å². The SMILES string of the molecule is Cc1c(Cl)ncc(F)c1Br. The molecule has 1 aromatic heterocycles. The molecule has 0 aliphatic heterocycles. The van der Waals surface area contributed by atoms with Crippen LogP contribution in [0, 0.1) is 12.7 Å². The van der Waals surface area contributed by atoms with E-state index in [1.165, 1.54) is 0 Å². The Hall–Kier alpha value is -0.150. The van der Waals surface area contributed by atoms with Crippen molar-refractivity contribution in [2.24, 2.45) is 0 Å². The molecule has 1 aromatic rings. The van der Waals surface area contributed by atoms with Gasteiger partial charge in [0.05, 0.1) is 10.7 Å². The van der Waals surface area contributed by atoms with Crippen molar-refractivity contribution < 1.29 is 4.39 Å².